The van der Waals surface area contributed by atoms with Crippen LogP contribution in [0.3, 0.4) is 0 Å². The number of rotatable bonds is 17. The summed E-state index contributed by atoms with van der Waals surface area (Å²) in [6, 6.07) is 0. The van der Waals surface area contributed by atoms with Crippen molar-refractivity contribution in [1.82, 2.24) is 15.1 Å². The van der Waals surface area contributed by atoms with Crippen molar-refractivity contribution < 1.29 is 14.7 Å². The fourth-order valence-electron chi connectivity index (χ4n) is 3.09. The molecule has 0 aliphatic rings. The number of hydrogen-bond acceptors (Lipinski definition) is 4. The summed E-state index contributed by atoms with van der Waals surface area (Å²) in [5.41, 5.74) is 0. The van der Waals surface area contributed by atoms with Gasteiger partial charge in [0, 0.05) is 26.4 Å². The van der Waals surface area contributed by atoms with Crippen LogP contribution in [0.15, 0.2) is 0 Å². The number of aliphatic hydroxyl groups is 1. The highest BCUT2D eigenvalue weighted by molar-refractivity contribution is 5.76. The van der Waals surface area contributed by atoms with E-state index >= 15 is 0 Å². The van der Waals surface area contributed by atoms with Gasteiger partial charge in [-0.05, 0) is 53.1 Å². The predicted octanol–water partition coefficient (Wildman–Crippen LogP) is 3.53. The Bertz CT molecular complexity index is 416. The number of unbranched alkanes of at least 4 members (excludes halogenated alkanes) is 5. The van der Waals surface area contributed by atoms with Crippen LogP contribution < -0.4 is 5.32 Å². The summed E-state index contributed by atoms with van der Waals surface area (Å²) in [6.07, 6.45) is 10.2. The maximum Gasteiger partial charge on any atom is 0.221 e. The van der Waals surface area contributed by atoms with E-state index < -0.39 is 0 Å². The first kappa shape index (κ1) is 26.9. The number of carbonyl (C=O) groups excluding carboxylic acids is 2. The lowest BCUT2D eigenvalue weighted by atomic mass is 10.1. The zero-order chi connectivity index (χ0) is 21.4. The van der Waals surface area contributed by atoms with E-state index in [1.54, 1.807) is 6.92 Å². The Kier molecular flexibility index (Phi) is 16.1. The maximum atomic E-state index is 11.8. The number of amides is 2. The summed E-state index contributed by atoms with van der Waals surface area (Å²) in [4.78, 5) is 27.5. The smallest absolute Gasteiger partial charge is 0.221 e. The van der Waals surface area contributed by atoms with E-state index in [-0.39, 0.29) is 24.1 Å². The molecule has 0 aromatic heterocycles. The summed E-state index contributed by atoms with van der Waals surface area (Å²) in [7, 11) is 3.89. The molecule has 0 aliphatic heterocycles. The lowest BCUT2D eigenvalue weighted by Gasteiger charge is -2.22. The fourth-order valence-corrected chi connectivity index (χ4v) is 3.09. The first-order chi connectivity index (χ1) is 13.3. The summed E-state index contributed by atoms with van der Waals surface area (Å²) >= 11 is 0. The third-order valence-corrected chi connectivity index (χ3v) is 5.28. The van der Waals surface area contributed by atoms with Crippen LogP contribution in [0.5, 0.6) is 0 Å². The Labute approximate surface area is 173 Å². The third kappa shape index (κ3) is 14.9. The third-order valence-electron chi connectivity index (χ3n) is 5.28. The van der Waals surface area contributed by atoms with Gasteiger partial charge in [-0.1, -0.05) is 39.0 Å². The van der Waals surface area contributed by atoms with E-state index in [1.165, 1.54) is 12.8 Å². The van der Waals surface area contributed by atoms with Crippen LogP contribution in [-0.4, -0.2) is 66.2 Å². The van der Waals surface area contributed by atoms with Gasteiger partial charge in [-0.3, -0.25) is 14.5 Å². The molecule has 0 aromatic carbocycles. The first-order valence-electron chi connectivity index (χ1n) is 11.2. The molecule has 0 aromatic rings. The van der Waals surface area contributed by atoms with E-state index in [2.05, 4.69) is 12.2 Å². The molecule has 0 radical (unpaired) electrons. The van der Waals surface area contributed by atoms with Gasteiger partial charge in [-0.25, -0.2) is 0 Å². The molecule has 0 fully saturated rings. The molecule has 6 heteroatoms. The molecule has 0 saturated heterocycles. The van der Waals surface area contributed by atoms with Crippen LogP contribution in [0.2, 0.25) is 0 Å². The molecular formula is C22H45N3O3. The molecule has 0 spiro atoms. The fraction of sp³-hybridized carbons (Fsp3) is 0.909. The predicted molar refractivity (Wildman–Crippen MR) is 116 cm³/mol. The highest BCUT2D eigenvalue weighted by Crippen LogP contribution is 2.10. The van der Waals surface area contributed by atoms with Crippen molar-refractivity contribution in [3.63, 3.8) is 0 Å². The SMILES string of the molecule is CCCCCC(O)CCCN(CCCCCCC(=O)NC(C)N(C)C)C(C)=O. The highest BCUT2D eigenvalue weighted by Gasteiger charge is 2.11. The van der Waals surface area contributed by atoms with Gasteiger partial charge in [-0.15, -0.1) is 0 Å². The molecule has 2 amide bonds. The van der Waals surface area contributed by atoms with Crippen LogP contribution in [0, 0.1) is 0 Å². The second-order valence-corrected chi connectivity index (χ2v) is 8.17. The van der Waals surface area contributed by atoms with Gasteiger partial charge >= 0.3 is 0 Å². The van der Waals surface area contributed by atoms with Crippen molar-refractivity contribution in [3.05, 3.63) is 0 Å². The molecule has 0 aliphatic carbocycles. The van der Waals surface area contributed by atoms with Gasteiger partial charge in [0.25, 0.3) is 0 Å². The van der Waals surface area contributed by atoms with Crippen molar-refractivity contribution in [2.45, 2.75) is 104 Å². The monoisotopic (exact) mass is 399 g/mol. The van der Waals surface area contributed by atoms with Gasteiger partial charge in [-0.2, -0.15) is 0 Å². The van der Waals surface area contributed by atoms with Gasteiger partial charge < -0.3 is 15.3 Å². The second kappa shape index (κ2) is 16.8. The van der Waals surface area contributed by atoms with Gasteiger partial charge in [0.15, 0.2) is 0 Å². The topological polar surface area (TPSA) is 72.9 Å². The molecule has 0 rings (SSSR count). The Balaban J connectivity index is 3.81. The first-order valence-corrected chi connectivity index (χ1v) is 11.2. The Morgan fingerprint density at radius 1 is 0.929 bits per heavy atom. The van der Waals surface area contributed by atoms with E-state index in [0.717, 1.165) is 64.5 Å². The second-order valence-electron chi connectivity index (χ2n) is 8.17. The minimum absolute atomic E-state index is 0.0572. The highest BCUT2D eigenvalue weighted by atomic mass is 16.3. The van der Waals surface area contributed by atoms with E-state index in [0.29, 0.717) is 6.42 Å². The van der Waals surface area contributed by atoms with Gasteiger partial charge in [0.1, 0.15) is 0 Å². The Morgan fingerprint density at radius 2 is 1.54 bits per heavy atom. The molecule has 0 heterocycles. The summed E-state index contributed by atoms with van der Waals surface area (Å²) in [5.74, 6) is 0.210. The molecule has 166 valence electrons. The largest absolute Gasteiger partial charge is 0.393 e. The van der Waals surface area contributed by atoms with E-state index in [9.17, 15) is 14.7 Å². The quantitative estimate of drug-likeness (QED) is 0.290. The van der Waals surface area contributed by atoms with Crippen molar-refractivity contribution in [2.24, 2.45) is 0 Å². The zero-order valence-electron chi connectivity index (χ0n) is 19.0. The summed E-state index contributed by atoms with van der Waals surface area (Å²) in [5, 5.41) is 13.0. The number of hydrogen-bond donors (Lipinski definition) is 2. The van der Waals surface area contributed by atoms with Crippen molar-refractivity contribution >= 4 is 11.8 Å². The van der Waals surface area contributed by atoms with Crippen LogP contribution in [0.1, 0.15) is 91.4 Å². The van der Waals surface area contributed by atoms with E-state index in [4.69, 9.17) is 0 Å². The van der Waals surface area contributed by atoms with E-state index in [1.807, 2.05) is 30.8 Å². The minimum Gasteiger partial charge on any atom is -0.393 e. The zero-order valence-corrected chi connectivity index (χ0v) is 19.0. The molecule has 2 unspecified atom stereocenters. The molecule has 2 N–H and O–H groups in total. The lowest BCUT2D eigenvalue weighted by molar-refractivity contribution is -0.129. The average Bonchev–Trinajstić information content (AvgIpc) is 2.62. The molecule has 2 atom stereocenters. The van der Waals surface area contributed by atoms with Crippen LogP contribution >= 0.6 is 0 Å². The summed E-state index contributed by atoms with van der Waals surface area (Å²) in [6.45, 7) is 7.25. The van der Waals surface area contributed by atoms with Crippen molar-refractivity contribution in [3.8, 4) is 0 Å². The Hall–Kier alpha value is -1.14. The van der Waals surface area contributed by atoms with Gasteiger partial charge in [0.2, 0.25) is 11.8 Å². The lowest BCUT2D eigenvalue weighted by Crippen LogP contribution is -2.42. The molecular weight excluding hydrogens is 354 g/mol. The number of nitrogens with one attached hydrogen (secondary N) is 1. The van der Waals surface area contributed by atoms with Gasteiger partial charge in [0.05, 0.1) is 12.3 Å². The minimum atomic E-state index is -0.235. The number of aliphatic hydroxyl groups excluding tert-OH is 1. The molecule has 0 bridgehead atoms. The molecule has 0 saturated carbocycles. The number of nitrogens with zero attached hydrogens (tertiary/aromatic N) is 2. The van der Waals surface area contributed by atoms with Crippen LogP contribution in [0.4, 0.5) is 0 Å². The molecule has 6 nitrogen and oxygen atoms in total. The normalized spacial score (nSPS) is 13.4. The number of carbonyl (C=O) groups is 2. The standard InChI is InChI=1S/C22H45N3O3/c1-6-7-10-14-21(27)15-13-18-25(20(3)26)17-12-9-8-11-16-22(28)23-19(2)24(4)5/h19,21,27H,6-18H2,1-5H3,(H,23,28). The van der Waals surface area contributed by atoms with Crippen molar-refractivity contribution in [1.29, 1.82) is 0 Å². The van der Waals surface area contributed by atoms with Crippen LogP contribution in [0.25, 0.3) is 0 Å². The molecule has 28 heavy (non-hydrogen) atoms. The van der Waals surface area contributed by atoms with Crippen LogP contribution in [-0.2, 0) is 9.59 Å². The summed E-state index contributed by atoms with van der Waals surface area (Å²) < 4.78 is 0. The van der Waals surface area contributed by atoms with Crippen molar-refractivity contribution in [2.75, 3.05) is 27.2 Å². The Morgan fingerprint density at radius 3 is 2.14 bits per heavy atom. The maximum absolute atomic E-state index is 11.8. The average molecular weight is 400 g/mol.